The van der Waals surface area contributed by atoms with Gasteiger partial charge in [-0.2, -0.15) is 0 Å². The first-order valence-electron chi connectivity index (χ1n) is 6.95. The molecule has 0 bridgehead atoms. The lowest BCUT2D eigenvalue weighted by Crippen LogP contribution is -2.44. The highest BCUT2D eigenvalue weighted by Gasteiger charge is 2.21. The Morgan fingerprint density at radius 2 is 1.84 bits per heavy atom. The summed E-state index contributed by atoms with van der Waals surface area (Å²) in [6, 6.07) is 9.95. The van der Waals surface area contributed by atoms with E-state index in [0.717, 1.165) is 31.2 Å². The number of hydrogen-bond acceptors (Lipinski definition) is 2. The Bertz CT molecular complexity index is 400. The lowest BCUT2D eigenvalue weighted by molar-refractivity contribution is 0.117. The maximum atomic E-state index is 11.9. The van der Waals surface area contributed by atoms with Crippen LogP contribution in [-0.2, 0) is 0 Å². The van der Waals surface area contributed by atoms with Crippen LogP contribution in [0.4, 0.5) is 4.79 Å². The molecule has 1 aliphatic carbocycles. The van der Waals surface area contributed by atoms with Gasteiger partial charge in [0.25, 0.3) is 0 Å². The quantitative estimate of drug-likeness (QED) is 0.783. The van der Waals surface area contributed by atoms with Crippen LogP contribution in [-0.4, -0.2) is 23.3 Å². The Labute approximate surface area is 114 Å². The van der Waals surface area contributed by atoms with Crippen LogP contribution in [0.1, 0.15) is 44.2 Å². The summed E-state index contributed by atoms with van der Waals surface area (Å²) in [5.74, 6) is 0. The molecule has 2 amide bonds. The molecule has 1 aromatic rings. The molecular formula is C15H22N2O2. The van der Waals surface area contributed by atoms with Crippen molar-refractivity contribution >= 4 is 6.03 Å². The van der Waals surface area contributed by atoms with Gasteiger partial charge in [-0.05, 0) is 38.2 Å². The number of carbonyl (C=O) groups is 1. The van der Waals surface area contributed by atoms with Crippen molar-refractivity contribution < 1.29 is 9.90 Å². The average molecular weight is 262 g/mol. The number of urea groups is 1. The molecule has 1 aliphatic rings. The van der Waals surface area contributed by atoms with Crippen LogP contribution in [0.2, 0.25) is 0 Å². The van der Waals surface area contributed by atoms with Gasteiger partial charge >= 0.3 is 6.03 Å². The van der Waals surface area contributed by atoms with E-state index in [9.17, 15) is 9.90 Å². The minimum atomic E-state index is -0.190. The van der Waals surface area contributed by atoms with E-state index >= 15 is 0 Å². The van der Waals surface area contributed by atoms with E-state index in [2.05, 4.69) is 10.6 Å². The molecule has 1 saturated carbocycles. The fourth-order valence-corrected chi connectivity index (χ4v) is 2.47. The molecule has 0 spiro atoms. The summed E-state index contributed by atoms with van der Waals surface area (Å²) in [5, 5.41) is 15.3. The van der Waals surface area contributed by atoms with Crippen LogP contribution < -0.4 is 10.6 Å². The molecule has 1 fully saturated rings. The van der Waals surface area contributed by atoms with Gasteiger partial charge in [0.1, 0.15) is 0 Å². The van der Waals surface area contributed by atoms with Crippen molar-refractivity contribution in [1.29, 1.82) is 0 Å². The first-order chi connectivity index (χ1) is 9.15. The zero-order valence-corrected chi connectivity index (χ0v) is 11.3. The number of aliphatic hydroxyl groups excluding tert-OH is 1. The highest BCUT2D eigenvalue weighted by molar-refractivity contribution is 5.74. The molecule has 0 aliphatic heterocycles. The Morgan fingerprint density at radius 3 is 2.47 bits per heavy atom. The zero-order chi connectivity index (χ0) is 13.7. The van der Waals surface area contributed by atoms with E-state index in [1.54, 1.807) is 0 Å². The molecule has 0 saturated heterocycles. The lowest BCUT2D eigenvalue weighted by atomic mass is 9.93. The van der Waals surface area contributed by atoms with Crippen LogP contribution in [0.25, 0.3) is 0 Å². The Morgan fingerprint density at radius 1 is 1.21 bits per heavy atom. The fraction of sp³-hybridized carbons (Fsp3) is 0.533. The van der Waals surface area contributed by atoms with Crippen LogP contribution in [0.3, 0.4) is 0 Å². The van der Waals surface area contributed by atoms with Crippen molar-refractivity contribution in [2.75, 3.05) is 0 Å². The second kappa shape index (κ2) is 6.57. The van der Waals surface area contributed by atoms with Crippen molar-refractivity contribution in [3.63, 3.8) is 0 Å². The molecule has 19 heavy (non-hydrogen) atoms. The third-order valence-electron chi connectivity index (χ3n) is 3.68. The van der Waals surface area contributed by atoms with Gasteiger partial charge in [0.2, 0.25) is 0 Å². The van der Waals surface area contributed by atoms with Gasteiger partial charge in [-0.15, -0.1) is 0 Å². The van der Waals surface area contributed by atoms with Crippen molar-refractivity contribution in [3.05, 3.63) is 35.9 Å². The van der Waals surface area contributed by atoms with Crippen molar-refractivity contribution in [2.45, 2.75) is 50.8 Å². The minimum Gasteiger partial charge on any atom is -0.393 e. The predicted molar refractivity (Wildman–Crippen MR) is 74.8 cm³/mol. The summed E-state index contributed by atoms with van der Waals surface area (Å²) in [6.45, 7) is 1.97. The molecule has 1 aromatic carbocycles. The molecule has 0 radical (unpaired) electrons. The smallest absolute Gasteiger partial charge is 0.315 e. The normalized spacial score (nSPS) is 24.5. The van der Waals surface area contributed by atoms with Gasteiger partial charge in [-0.3, -0.25) is 0 Å². The molecule has 1 atom stereocenters. The van der Waals surface area contributed by atoms with Crippen molar-refractivity contribution in [2.24, 2.45) is 0 Å². The molecule has 0 aromatic heterocycles. The first-order valence-corrected chi connectivity index (χ1v) is 6.95. The lowest BCUT2D eigenvalue weighted by Gasteiger charge is -2.27. The maximum Gasteiger partial charge on any atom is 0.315 e. The van der Waals surface area contributed by atoms with E-state index in [-0.39, 0.29) is 24.2 Å². The number of amides is 2. The van der Waals surface area contributed by atoms with E-state index in [1.807, 2.05) is 37.3 Å². The van der Waals surface area contributed by atoms with Gasteiger partial charge in [-0.1, -0.05) is 30.3 Å². The molecule has 2 rings (SSSR count). The van der Waals surface area contributed by atoms with Crippen LogP contribution >= 0.6 is 0 Å². The Balaban J connectivity index is 1.78. The van der Waals surface area contributed by atoms with Crippen LogP contribution in [0.15, 0.2) is 30.3 Å². The number of hydrogen-bond donors (Lipinski definition) is 3. The second-order valence-corrected chi connectivity index (χ2v) is 5.26. The Kier molecular flexibility index (Phi) is 4.80. The monoisotopic (exact) mass is 262 g/mol. The third-order valence-corrected chi connectivity index (χ3v) is 3.68. The van der Waals surface area contributed by atoms with Gasteiger partial charge in [0.15, 0.2) is 0 Å². The standard InChI is InChI=1S/C15H22N2O2/c1-11(12-5-3-2-4-6-12)16-15(19)17-13-7-9-14(18)10-8-13/h2-6,11,13-14,18H,7-10H2,1H3,(H2,16,17,19). The summed E-state index contributed by atoms with van der Waals surface area (Å²) in [6.07, 6.45) is 3.07. The molecule has 4 heteroatoms. The predicted octanol–water partition coefficient (Wildman–Crippen LogP) is 2.35. The summed E-state index contributed by atoms with van der Waals surface area (Å²) in [7, 11) is 0. The zero-order valence-electron chi connectivity index (χ0n) is 11.3. The van der Waals surface area contributed by atoms with E-state index in [0.29, 0.717) is 0 Å². The van der Waals surface area contributed by atoms with Gasteiger partial charge < -0.3 is 15.7 Å². The fourth-order valence-electron chi connectivity index (χ4n) is 2.47. The highest BCUT2D eigenvalue weighted by atomic mass is 16.3. The molecule has 0 heterocycles. The number of benzene rings is 1. The third kappa shape index (κ3) is 4.24. The first kappa shape index (κ1) is 13.9. The van der Waals surface area contributed by atoms with Gasteiger partial charge in [0, 0.05) is 6.04 Å². The van der Waals surface area contributed by atoms with Crippen LogP contribution in [0.5, 0.6) is 0 Å². The maximum absolute atomic E-state index is 11.9. The molecule has 3 N–H and O–H groups in total. The number of nitrogens with one attached hydrogen (secondary N) is 2. The topological polar surface area (TPSA) is 61.4 Å². The number of rotatable bonds is 3. The molecule has 4 nitrogen and oxygen atoms in total. The van der Waals surface area contributed by atoms with Crippen molar-refractivity contribution in [3.8, 4) is 0 Å². The summed E-state index contributed by atoms with van der Waals surface area (Å²) in [4.78, 5) is 11.9. The summed E-state index contributed by atoms with van der Waals surface area (Å²) < 4.78 is 0. The average Bonchev–Trinajstić information content (AvgIpc) is 2.42. The van der Waals surface area contributed by atoms with Crippen molar-refractivity contribution in [1.82, 2.24) is 10.6 Å². The van der Waals surface area contributed by atoms with E-state index in [1.165, 1.54) is 0 Å². The molecule has 1 unspecified atom stereocenters. The van der Waals surface area contributed by atoms with E-state index in [4.69, 9.17) is 0 Å². The van der Waals surface area contributed by atoms with Crippen LogP contribution in [0, 0.1) is 0 Å². The highest BCUT2D eigenvalue weighted by Crippen LogP contribution is 2.18. The summed E-state index contributed by atoms with van der Waals surface area (Å²) in [5.41, 5.74) is 1.09. The largest absolute Gasteiger partial charge is 0.393 e. The van der Waals surface area contributed by atoms with Gasteiger partial charge in [0.05, 0.1) is 12.1 Å². The molecule has 104 valence electrons. The SMILES string of the molecule is CC(NC(=O)NC1CCC(O)CC1)c1ccccc1. The minimum absolute atomic E-state index is 0.00428. The Hall–Kier alpha value is -1.55. The summed E-state index contributed by atoms with van der Waals surface area (Å²) >= 11 is 0. The number of aliphatic hydroxyl groups is 1. The molecular weight excluding hydrogens is 240 g/mol. The van der Waals surface area contributed by atoms with Gasteiger partial charge in [-0.25, -0.2) is 4.79 Å². The number of carbonyl (C=O) groups excluding carboxylic acids is 1. The second-order valence-electron chi connectivity index (χ2n) is 5.26. The van der Waals surface area contributed by atoms with E-state index < -0.39 is 0 Å².